The minimum Gasteiger partial charge on any atom is -0.472 e. The van der Waals surface area contributed by atoms with E-state index in [0.717, 1.165) is 0 Å². The van der Waals surface area contributed by atoms with Crippen LogP contribution in [0.15, 0.2) is 75.9 Å². The van der Waals surface area contributed by atoms with Gasteiger partial charge in [-0.15, -0.1) is 26.3 Å². The summed E-state index contributed by atoms with van der Waals surface area (Å²) < 4.78 is 35.5. The van der Waals surface area contributed by atoms with Crippen LogP contribution in [0.25, 0.3) is 0 Å². The average molecular weight is 557 g/mol. The molecule has 11 nitrogen and oxygen atoms in total. The highest BCUT2D eigenvalue weighted by atomic mass is 16.6. The Morgan fingerprint density at radius 1 is 0.775 bits per heavy atom. The second kappa shape index (κ2) is 18.5. The van der Waals surface area contributed by atoms with Crippen molar-refractivity contribution >= 4 is 17.4 Å². The normalized spacial score (nSPS) is 14.6. The average Bonchev–Trinajstić information content (AvgIpc) is 2.96. The lowest BCUT2D eigenvalue weighted by Gasteiger charge is -2.37. The number of aromatic nitrogens is 2. The highest BCUT2D eigenvalue weighted by Crippen LogP contribution is 2.37. The fraction of sp³-hybridized carbons (Fsp3) is 0.414. The number of nitrogens with zero attached hydrogens (tertiary/aromatic N) is 3. The lowest BCUT2D eigenvalue weighted by atomic mass is 10.1. The molecule has 1 N–H and O–H groups in total. The molecule has 0 aromatic carbocycles. The first-order chi connectivity index (χ1) is 19.5. The molecule has 0 saturated heterocycles. The van der Waals surface area contributed by atoms with Crippen molar-refractivity contribution in [3.8, 4) is 11.9 Å². The molecule has 0 aliphatic carbocycles. The van der Waals surface area contributed by atoms with Crippen LogP contribution in [0.2, 0.25) is 0 Å². The van der Waals surface area contributed by atoms with E-state index in [1.807, 2.05) is 0 Å². The van der Waals surface area contributed by atoms with E-state index in [0.29, 0.717) is 18.1 Å². The van der Waals surface area contributed by atoms with Gasteiger partial charge in [0, 0.05) is 6.54 Å². The fourth-order valence-electron chi connectivity index (χ4n) is 3.76. The zero-order valence-corrected chi connectivity index (χ0v) is 23.0. The van der Waals surface area contributed by atoms with Gasteiger partial charge in [-0.05, 0) is 0 Å². The molecule has 1 aromatic rings. The van der Waals surface area contributed by atoms with Crippen molar-refractivity contribution in [2.24, 2.45) is 0 Å². The molecule has 0 saturated carbocycles. The van der Waals surface area contributed by atoms with E-state index < -0.39 is 18.3 Å². The minimum atomic E-state index is -0.633. The van der Waals surface area contributed by atoms with Gasteiger partial charge in [-0.25, -0.2) is 0 Å². The molecule has 2 heterocycles. The van der Waals surface area contributed by atoms with E-state index in [-0.39, 0.29) is 70.5 Å². The summed E-state index contributed by atoms with van der Waals surface area (Å²) >= 11 is 0. The van der Waals surface area contributed by atoms with Gasteiger partial charge in [0.1, 0.15) is 37.2 Å². The highest BCUT2D eigenvalue weighted by Gasteiger charge is 2.37. The number of amides is 1. The Morgan fingerprint density at radius 2 is 1.38 bits per heavy atom. The summed E-state index contributed by atoms with van der Waals surface area (Å²) in [4.78, 5) is 23.4. The number of carbonyl (C=O) groups is 1. The smallest absolute Gasteiger partial charge is 0.322 e. The second-order valence-electron chi connectivity index (χ2n) is 8.37. The van der Waals surface area contributed by atoms with Crippen molar-refractivity contribution in [3.63, 3.8) is 0 Å². The predicted octanol–water partition coefficient (Wildman–Crippen LogP) is 3.28. The molecule has 0 unspecified atom stereocenters. The maximum Gasteiger partial charge on any atom is 0.322 e. The van der Waals surface area contributed by atoms with Gasteiger partial charge in [0.25, 0.3) is 0 Å². The minimum absolute atomic E-state index is 0.0148. The zero-order valence-electron chi connectivity index (χ0n) is 23.0. The first-order valence-electron chi connectivity index (χ1n) is 12.8. The standard InChI is InChI=1S/C29H40N4O7/c1-7-13-35-21-23(37-15-9-3)26(38-16-10-4)22(36-14-8-2)19-33-20-24(34)30-25-27(33)31-29(40-18-12-6)32-28(25)39-17-11-5/h7-12,22-23,26H,1-6,13-21H2,(H,30,34)/t22-,23+,26-/m0/s1. The summed E-state index contributed by atoms with van der Waals surface area (Å²) in [6, 6.07) is 0.0619. The summed E-state index contributed by atoms with van der Waals surface area (Å²) in [7, 11) is 0. The third kappa shape index (κ3) is 10.1. The lowest BCUT2D eigenvalue weighted by Crippen LogP contribution is -2.52. The van der Waals surface area contributed by atoms with Crippen LogP contribution in [-0.4, -0.2) is 93.5 Å². The molecule has 1 aromatic heterocycles. The van der Waals surface area contributed by atoms with Crippen molar-refractivity contribution in [1.29, 1.82) is 0 Å². The Kier molecular flexibility index (Phi) is 15.0. The third-order valence-corrected chi connectivity index (χ3v) is 5.32. The quantitative estimate of drug-likeness (QED) is 0.159. The van der Waals surface area contributed by atoms with Crippen LogP contribution >= 0.6 is 0 Å². The first kappa shape index (κ1) is 32.4. The van der Waals surface area contributed by atoms with Crippen LogP contribution in [0.5, 0.6) is 11.9 Å². The molecule has 218 valence electrons. The van der Waals surface area contributed by atoms with Crippen molar-refractivity contribution in [2.75, 3.05) is 69.6 Å². The summed E-state index contributed by atoms with van der Waals surface area (Å²) in [6.07, 6.45) is 7.90. The van der Waals surface area contributed by atoms with E-state index >= 15 is 0 Å². The Hall–Kier alpha value is -3.77. The van der Waals surface area contributed by atoms with Crippen molar-refractivity contribution in [1.82, 2.24) is 9.97 Å². The maximum atomic E-state index is 12.8. The second-order valence-corrected chi connectivity index (χ2v) is 8.37. The number of ether oxygens (including phenoxy) is 6. The van der Waals surface area contributed by atoms with Gasteiger partial charge in [-0.3, -0.25) is 4.79 Å². The van der Waals surface area contributed by atoms with Gasteiger partial charge >= 0.3 is 6.01 Å². The molecule has 11 heteroatoms. The highest BCUT2D eigenvalue weighted by molar-refractivity contribution is 6.01. The summed E-state index contributed by atoms with van der Waals surface area (Å²) in [5, 5.41) is 2.81. The first-order valence-corrected chi connectivity index (χ1v) is 12.8. The van der Waals surface area contributed by atoms with Gasteiger partial charge in [0.05, 0.1) is 39.6 Å². The van der Waals surface area contributed by atoms with Crippen molar-refractivity contribution < 1.29 is 33.2 Å². The monoisotopic (exact) mass is 556 g/mol. The molecule has 2 rings (SSSR count). The van der Waals surface area contributed by atoms with Crippen LogP contribution in [0.4, 0.5) is 11.5 Å². The molecule has 0 spiro atoms. The van der Waals surface area contributed by atoms with E-state index in [2.05, 4.69) is 54.8 Å². The summed E-state index contributed by atoms with van der Waals surface area (Å²) in [5.74, 6) is 0.267. The molecule has 0 radical (unpaired) electrons. The molecular weight excluding hydrogens is 516 g/mol. The van der Waals surface area contributed by atoms with Crippen LogP contribution < -0.4 is 19.7 Å². The number of hydrogen-bond acceptors (Lipinski definition) is 10. The predicted molar refractivity (Wildman–Crippen MR) is 155 cm³/mol. The number of nitrogens with one attached hydrogen (secondary N) is 1. The van der Waals surface area contributed by atoms with Crippen LogP contribution in [0.3, 0.4) is 0 Å². The fourth-order valence-corrected chi connectivity index (χ4v) is 3.76. The molecule has 0 fully saturated rings. The van der Waals surface area contributed by atoms with Gasteiger partial charge in [-0.2, -0.15) is 9.97 Å². The number of fused-ring (bicyclic) bond motifs is 1. The molecule has 1 aliphatic rings. The number of carbonyl (C=O) groups excluding carboxylic acids is 1. The van der Waals surface area contributed by atoms with Gasteiger partial charge < -0.3 is 38.6 Å². The van der Waals surface area contributed by atoms with E-state index in [1.165, 1.54) is 0 Å². The van der Waals surface area contributed by atoms with Gasteiger partial charge in [0.2, 0.25) is 11.8 Å². The van der Waals surface area contributed by atoms with Crippen LogP contribution in [0.1, 0.15) is 0 Å². The summed E-state index contributed by atoms with van der Waals surface area (Å²) in [5.41, 5.74) is 0.309. The lowest BCUT2D eigenvalue weighted by molar-refractivity contribution is -0.141. The maximum absolute atomic E-state index is 12.8. The molecule has 1 amide bonds. The van der Waals surface area contributed by atoms with Gasteiger partial charge in [0.15, 0.2) is 5.82 Å². The number of hydrogen-bond donors (Lipinski definition) is 1. The van der Waals surface area contributed by atoms with Crippen molar-refractivity contribution in [2.45, 2.75) is 18.3 Å². The molecular formula is C29H40N4O7. The van der Waals surface area contributed by atoms with E-state index in [4.69, 9.17) is 28.4 Å². The Labute approximate surface area is 236 Å². The van der Waals surface area contributed by atoms with E-state index in [1.54, 1.807) is 41.4 Å². The van der Waals surface area contributed by atoms with E-state index in [9.17, 15) is 4.79 Å². The zero-order chi connectivity index (χ0) is 29.2. The SMILES string of the molecule is C=CCOC[C@@H](OCC=C)[C@@H](OCC=C)[C@H](CN1CC(=O)Nc2c(OCC=C)nc(OCC=C)nc21)OCC=C. The molecule has 1 aliphatic heterocycles. The number of anilines is 2. The topological polar surface area (TPSA) is 114 Å². The summed E-state index contributed by atoms with van der Waals surface area (Å²) in [6.45, 7) is 24.1. The third-order valence-electron chi connectivity index (χ3n) is 5.32. The Bertz CT molecular complexity index is 1020. The van der Waals surface area contributed by atoms with Gasteiger partial charge in [-0.1, -0.05) is 49.6 Å². The molecule has 40 heavy (non-hydrogen) atoms. The van der Waals surface area contributed by atoms with Crippen LogP contribution in [0, 0.1) is 0 Å². The molecule has 3 atom stereocenters. The van der Waals surface area contributed by atoms with Crippen molar-refractivity contribution in [3.05, 3.63) is 75.9 Å². The number of rotatable bonds is 23. The largest absolute Gasteiger partial charge is 0.472 e. The van der Waals surface area contributed by atoms with Crippen LogP contribution in [-0.2, 0) is 23.7 Å². The molecule has 0 bridgehead atoms. The Balaban J connectivity index is 2.51. The Morgan fingerprint density at radius 3 is 2.02 bits per heavy atom.